The van der Waals surface area contributed by atoms with Gasteiger partial charge in [-0.25, -0.2) is 8.78 Å². The van der Waals surface area contributed by atoms with E-state index in [1.807, 2.05) is 0 Å². The zero-order valence-electron chi connectivity index (χ0n) is 14.2. The minimum absolute atomic E-state index is 0.0483. The number of hydrogen-bond acceptors (Lipinski definition) is 4. The molecule has 0 radical (unpaired) electrons. The zero-order valence-corrected chi connectivity index (χ0v) is 14.2. The van der Waals surface area contributed by atoms with Gasteiger partial charge in [0.25, 0.3) is 6.29 Å². The highest BCUT2D eigenvalue weighted by molar-refractivity contribution is 5.35. The second-order valence-corrected chi connectivity index (χ2v) is 5.75. The van der Waals surface area contributed by atoms with Crippen LogP contribution in [0.1, 0.15) is 12.8 Å². The Bertz CT molecular complexity index is 703. The van der Waals surface area contributed by atoms with Crippen LogP contribution in [-0.4, -0.2) is 25.6 Å². The SMILES string of the molecule is C=CCCC1COC(C(F)(F)Oc2cc(F)c(OC(F)=C(F)F)c(F)c2)OC1. The third kappa shape index (κ3) is 5.61. The van der Waals surface area contributed by atoms with Gasteiger partial charge in [0.2, 0.25) is 5.75 Å². The van der Waals surface area contributed by atoms with Gasteiger partial charge in [-0.1, -0.05) is 6.08 Å². The summed E-state index contributed by atoms with van der Waals surface area (Å²) in [5.41, 5.74) is 0. The highest BCUT2D eigenvalue weighted by atomic mass is 19.3. The van der Waals surface area contributed by atoms with E-state index in [4.69, 9.17) is 9.47 Å². The molecule has 156 valence electrons. The average Bonchev–Trinajstić information content (AvgIpc) is 2.62. The molecule has 1 heterocycles. The molecule has 1 saturated heterocycles. The number of hydrogen-bond donors (Lipinski definition) is 0. The van der Waals surface area contributed by atoms with Gasteiger partial charge in [0.05, 0.1) is 13.2 Å². The van der Waals surface area contributed by atoms with Gasteiger partial charge in [-0.15, -0.1) is 6.58 Å². The van der Waals surface area contributed by atoms with Crippen LogP contribution in [0.25, 0.3) is 0 Å². The summed E-state index contributed by atoms with van der Waals surface area (Å²) in [5, 5.41) is 0. The quantitative estimate of drug-likeness (QED) is 0.327. The number of rotatable bonds is 8. The molecule has 0 bridgehead atoms. The first-order valence-corrected chi connectivity index (χ1v) is 7.92. The van der Waals surface area contributed by atoms with Crippen molar-refractivity contribution in [1.29, 1.82) is 0 Å². The van der Waals surface area contributed by atoms with Crippen molar-refractivity contribution in [3.63, 3.8) is 0 Å². The first-order valence-electron chi connectivity index (χ1n) is 7.92. The van der Waals surface area contributed by atoms with E-state index in [2.05, 4.69) is 16.1 Å². The van der Waals surface area contributed by atoms with E-state index in [0.717, 1.165) is 0 Å². The predicted molar refractivity (Wildman–Crippen MR) is 81.5 cm³/mol. The molecule has 1 aliphatic heterocycles. The van der Waals surface area contributed by atoms with Crippen LogP contribution in [0, 0.1) is 17.6 Å². The van der Waals surface area contributed by atoms with Gasteiger partial charge in [-0.3, -0.25) is 0 Å². The van der Waals surface area contributed by atoms with Gasteiger partial charge in [-0.2, -0.15) is 22.0 Å². The lowest BCUT2D eigenvalue weighted by atomic mass is 10.1. The minimum Gasteiger partial charge on any atom is -0.429 e. The van der Waals surface area contributed by atoms with Crippen molar-refractivity contribution < 1.29 is 49.7 Å². The molecule has 0 spiro atoms. The maximum absolute atomic E-state index is 14.1. The van der Waals surface area contributed by atoms with Gasteiger partial charge in [0, 0.05) is 18.1 Å². The van der Waals surface area contributed by atoms with Crippen LogP contribution in [0.5, 0.6) is 11.5 Å². The molecule has 0 amide bonds. The molecule has 11 heteroatoms. The van der Waals surface area contributed by atoms with Gasteiger partial charge in [0.15, 0.2) is 11.6 Å². The van der Waals surface area contributed by atoms with E-state index in [1.165, 1.54) is 0 Å². The third-order valence-electron chi connectivity index (χ3n) is 3.59. The van der Waals surface area contributed by atoms with E-state index in [0.29, 0.717) is 12.8 Å². The molecular weight excluding hydrogens is 401 g/mol. The van der Waals surface area contributed by atoms with Crippen molar-refractivity contribution in [2.45, 2.75) is 25.2 Å². The molecule has 1 aromatic carbocycles. The van der Waals surface area contributed by atoms with Crippen molar-refractivity contribution in [2.75, 3.05) is 13.2 Å². The van der Waals surface area contributed by atoms with Crippen LogP contribution < -0.4 is 9.47 Å². The number of ether oxygens (including phenoxy) is 4. The highest BCUT2D eigenvalue weighted by Gasteiger charge is 2.47. The molecule has 1 aromatic rings. The monoisotopic (exact) mass is 416 g/mol. The molecule has 28 heavy (non-hydrogen) atoms. The molecule has 0 saturated carbocycles. The number of halogens is 7. The summed E-state index contributed by atoms with van der Waals surface area (Å²) in [4.78, 5) is 0. The van der Waals surface area contributed by atoms with Crippen LogP contribution in [0.2, 0.25) is 0 Å². The second kappa shape index (κ2) is 9.28. The molecular formula is C17H15F7O4. The van der Waals surface area contributed by atoms with Gasteiger partial charge in [0.1, 0.15) is 5.75 Å². The summed E-state index contributed by atoms with van der Waals surface area (Å²) in [5.74, 6) is -6.17. The van der Waals surface area contributed by atoms with Crippen molar-refractivity contribution in [2.24, 2.45) is 5.92 Å². The van der Waals surface area contributed by atoms with E-state index in [9.17, 15) is 30.7 Å². The van der Waals surface area contributed by atoms with Gasteiger partial charge >= 0.3 is 18.2 Å². The van der Waals surface area contributed by atoms with E-state index in [-0.39, 0.29) is 31.3 Å². The zero-order chi connectivity index (χ0) is 20.9. The van der Waals surface area contributed by atoms with Gasteiger partial charge in [-0.05, 0) is 12.8 Å². The standard InChI is InChI=1S/C17H15F7O4/c1-2-3-4-9-7-25-16(26-8-9)17(23,24)28-10-5-11(18)13(12(19)6-10)27-15(22)14(20)21/h2,5-6,9,16H,1,3-4,7-8H2. The lowest BCUT2D eigenvalue weighted by Gasteiger charge is -2.33. The smallest absolute Gasteiger partial charge is 0.429 e. The third-order valence-corrected chi connectivity index (χ3v) is 3.59. The van der Waals surface area contributed by atoms with E-state index < -0.39 is 47.6 Å². The molecule has 0 aromatic heterocycles. The second-order valence-electron chi connectivity index (χ2n) is 5.75. The van der Waals surface area contributed by atoms with E-state index >= 15 is 0 Å². The van der Waals surface area contributed by atoms with Crippen molar-refractivity contribution in [3.05, 3.63) is 48.5 Å². The lowest BCUT2D eigenvalue weighted by Crippen LogP contribution is -2.47. The topological polar surface area (TPSA) is 36.9 Å². The number of benzene rings is 1. The van der Waals surface area contributed by atoms with Crippen LogP contribution in [0.3, 0.4) is 0 Å². The molecule has 0 atom stereocenters. The summed E-state index contributed by atoms with van der Waals surface area (Å²) in [6.45, 7) is 3.44. The normalized spacial score (nSPS) is 19.8. The Balaban J connectivity index is 2.06. The number of allylic oxidation sites excluding steroid dienone is 1. The molecule has 0 unspecified atom stereocenters. The predicted octanol–water partition coefficient (Wildman–Crippen LogP) is 5.31. The molecule has 0 N–H and O–H groups in total. The van der Waals surface area contributed by atoms with Crippen molar-refractivity contribution >= 4 is 0 Å². The average molecular weight is 416 g/mol. The number of alkyl halides is 2. The summed E-state index contributed by atoms with van der Waals surface area (Å²) in [6, 6.07) is -2.11. The highest BCUT2D eigenvalue weighted by Crippen LogP contribution is 2.34. The summed E-state index contributed by atoms with van der Waals surface area (Å²) >= 11 is 0. The largest absolute Gasteiger partial charge is 0.451 e. The van der Waals surface area contributed by atoms with Gasteiger partial charge < -0.3 is 18.9 Å². The molecule has 1 aliphatic rings. The molecule has 0 aliphatic carbocycles. The van der Waals surface area contributed by atoms with E-state index in [1.54, 1.807) is 6.08 Å². The summed E-state index contributed by atoms with van der Waals surface area (Å²) < 4.78 is 110. The Morgan fingerprint density at radius 1 is 1.14 bits per heavy atom. The maximum atomic E-state index is 14.1. The Morgan fingerprint density at radius 3 is 2.21 bits per heavy atom. The van der Waals surface area contributed by atoms with Crippen LogP contribution >= 0.6 is 0 Å². The fourth-order valence-corrected chi connectivity index (χ4v) is 2.28. The minimum atomic E-state index is -4.12. The Kier molecular flexibility index (Phi) is 7.30. The summed E-state index contributed by atoms with van der Waals surface area (Å²) in [7, 11) is 0. The van der Waals surface area contributed by atoms with Crippen LogP contribution in [0.15, 0.2) is 36.9 Å². The Labute approximate surface area is 155 Å². The first kappa shape index (κ1) is 22.0. The fourth-order valence-electron chi connectivity index (χ4n) is 2.28. The fraction of sp³-hybridized carbons (Fsp3) is 0.412. The van der Waals surface area contributed by atoms with Crippen LogP contribution in [-0.2, 0) is 9.47 Å². The molecule has 1 fully saturated rings. The first-order chi connectivity index (χ1) is 13.1. The van der Waals surface area contributed by atoms with Crippen LogP contribution in [0.4, 0.5) is 30.7 Å². The Morgan fingerprint density at radius 2 is 1.71 bits per heavy atom. The summed E-state index contributed by atoms with van der Waals surface area (Å²) in [6.07, 6.45) is -6.29. The van der Waals surface area contributed by atoms with Crippen molar-refractivity contribution in [1.82, 2.24) is 0 Å². The maximum Gasteiger partial charge on any atom is 0.451 e. The van der Waals surface area contributed by atoms with Crippen molar-refractivity contribution in [3.8, 4) is 11.5 Å². The molecule has 4 nitrogen and oxygen atoms in total. The lowest BCUT2D eigenvalue weighted by molar-refractivity contribution is -0.352. The molecule has 2 rings (SSSR count). The Hall–Kier alpha value is -2.27.